The third-order valence-corrected chi connectivity index (χ3v) is 4.04. The molecule has 1 rings (SSSR count). The van der Waals surface area contributed by atoms with Gasteiger partial charge in [0.2, 0.25) is 0 Å². The molecule has 0 bridgehead atoms. The van der Waals surface area contributed by atoms with Gasteiger partial charge in [-0.3, -0.25) is 0 Å². The highest BCUT2D eigenvalue weighted by Gasteiger charge is 2.22. The first-order chi connectivity index (χ1) is 11.6. The molecule has 5 nitrogen and oxygen atoms in total. The zero-order valence-electron chi connectivity index (χ0n) is 15.6. The summed E-state index contributed by atoms with van der Waals surface area (Å²) < 4.78 is 10.5. The van der Waals surface area contributed by atoms with Gasteiger partial charge in [-0.25, -0.2) is 4.79 Å². The van der Waals surface area contributed by atoms with Crippen LogP contribution in [0.5, 0.6) is 0 Å². The van der Waals surface area contributed by atoms with Crippen LogP contribution in [0.2, 0.25) is 10.0 Å². The minimum atomic E-state index is -0.528. The molecular formula is C18H28Cl2N2O3. The lowest BCUT2D eigenvalue weighted by Crippen LogP contribution is -2.42. The van der Waals surface area contributed by atoms with E-state index in [1.54, 1.807) is 18.1 Å². The van der Waals surface area contributed by atoms with Crippen LogP contribution < -0.4 is 5.32 Å². The first kappa shape index (κ1) is 22.0. The van der Waals surface area contributed by atoms with E-state index in [0.717, 1.165) is 5.56 Å². The van der Waals surface area contributed by atoms with E-state index < -0.39 is 5.60 Å². The van der Waals surface area contributed by atoms with Crippen LogP contribution in [0.25, 0.3) is 0 Å². The van der Waals surface area contributed by atoms with Gasteiger partial charge >= 0.3 is 6.09 Å². The topological polar surface area (TPSA) is 50.8 Å². The van der Waals surface area contributed by atoms with Gasteiger partial charge in [0.25, 0.3) is 0 Å². The first-order valence-electron chi connectivity index (χ1n) is 8.29. The Bertz CT molecular complexity index is 562. The van der Waals surface area contributed by atoms with E-state index in [1.165, 1.54) is 0 Å². The maximum Gasteiger partial charge on any atom is 0.410 e. The molecule has 1 atom stereocenters. The molecule has 0 saturated carbocycles. The minimum absolute atomic E-state index is 0.0349. The Balaban J connectivity index is 2.59. The number of hydrogen-bond donors (Lipinski definition) is 1. The molecule has 1 unspecified atom stereocenters. The van der Waals surface area contributed by atoms with E-state index in [9.17, 15) is 4.79 Å². The van der Waals surface area contributed by atoms with Crippen LogP contribution >= 0.6 is 23.2 Å². The third kappa shape index (κ3) is 8.27. The van der Waals surface area contributed by atoms with Crippen LogP contribution in [0.1, 0.15) is 39.3 Å². The summed E-state index contributed by atoms with van der Waals surface area (Å²) >= 11 is 12.2. The van der Waals surface area contributed by atoms with E-state index in [1.807, 2.05) is 39.8 Å². The number of hydrogen-bond acceptors (Lipinski definition) is 4. The Hall–Kier alpha value is -1.01. The van der Waals surface area contributed by atoms with Crippen molar-refractivity contribution < 1.29 is 14.3 Å². The second kappa shape index (κ2) is 10.2. The fourth-order valence-electron chi connectivity index (χ4n) is 2.20. The van der Waals surface area contributed by atoms with Crippen molar-refractivity contribution in [3.05, 3.63) is 33.8 Å². The second-order valence-electron chi connectivity index (χ2n) is 6.80. The van der Waals surface area contributed by atoms with Crippen molar-refractivity contribution in [1.29, 1.82) is 0 Å². The Morgan fingerprint density at radius 3 is 2.52 bits per heavy atom. The molecule has 0 radical (unpaired) electrons. The maximum absolute atomic E-state index is 12.3. The number of amides is 1. The van der Waals surface area contributed by atoms with Gasteiger partial charge in [0.1, 0.15) is 5.60 Å². The van der Waals surface area contributed by atoms with Crippen molar-refractivity contribution in [2.45, 2.75) is 39.3 Å². The SMILES string of the molecule is COCCN(CCNC(C)c1ccc(Cl)cc1Cl)C(=O)OC(C)(C)C. The second-order valence-corrected chi connectivity index (χ2v) is 7.65. The van der Waals surface area contributed by atoms with Gasteiger partial charge in [-0.05, 0) is 45.4 Å². The number of rotatable bonds is 8. The van der Waals surface area contributed by atoms with Crippen molar-refractivity contribution in [3.63, 3.8) is 0 Å². The average molecular weight is 391 g/mol. The summed E-state index contributed by atoms with van der Waals surface area (Å²) in [6.45, 7) is 9.60. The minimum Gasteiger partial charge on any atom is -0.444 e. The molecule has 0 aliphatic heterocycles. The monoisotopic (exact) mass is 390 g/mol. The van der Waals surface area contributed by atoms with E-state index >= 15 is 0 Å². The van der Waals surface area contributed by atoms with Crippen LogP contribution in [0.4, 0.5) is 4.79 Å². The zero-order chi connectivity index (χ0) is 19.0. The summed E-state index contributed by atoms with van der Waals surface area (Å²) in [5.74, 6) is 0. The van der Waals surface area contributed by atoms with E-state index in [0.29, 0.717) is 36.3 Å². The van der Waals surface area contributed by atoms with Gasteiger partial charge in [0, 0.05) is 42.8 Å². The lowest BCUT2D eigenvalue weighted by molar-refractivity contribution is 0.0203. The predicted octanol–water partition coefficient (Wildman–Crippen LogP) is 4.53. The van der Waals surface area contributed by atoms with Gasteiger partial charge in [0.15, 0.2) is 0 Å². The number of ether oxygens (including phenoxy) is 2. The third-order valence-electron chi connectivity index (χ3n) is 3.48. The van der Waals surface area contributed by atoms with Crippen molar-refractivity contribution in [2.75, 3.05) is 33.4 Å². The normalized spacial score (nSPS) is 12.8. The van der Waals surface area contributed by atoms with Gasteiger partial charge in [-0.1, -0.05) is 29.3 Å². The quantitative estimate of drug-likeness (QED) is 0.708. The highest BCUT2D eigenvalue weighted by molar-refractivity contribution is 6.35. The Morgan fingerprint density at radius 1 is 1.28 bits per heavy atom. The van der Waals surface area contributed by atoms with Crippen molar-refractivity contribution >= 4 is 29.3 Å². The molecule has 1 aromatic carbocycles. The van der Waals surface area contributed by atoms with Gasteiger partial charge in [-0.15, -0.1) is 0 Å². The summed E-state index contributed by atoms with van der Waals surface area (Å²) in [6.07, 6.45) is -0.344. The molecule has 0 aromatic heterocycles. The molecule has 0 spiro atoms. The Kier molecular flexibility index (Phi) is 9.00. The number of nitrogens with one attached hydrogen (secondary N) is 1. The lowest BCUT2D eigenvalue weighted by atomic mass is 10.1. The van der Waals surface area contributed by atoms with Crippen molar-refractivity contribution in [1.82, 2.24) is 10.2 Å². The van der Waals surface area contributed by atoms with Gasteiger partial charge in [-0.2, -0.15) is 0 Å². The zero-order valence-corrected chi connectivity index (χ0v) is 17.1. The number of benzene rings is 1. The molecule has 25 heavy (non-hydrogen) atoms. The van der Waals surface area contributed by atoms with Crippen LogP contribution in [-0.4, -0.2) is 49.9 Å². The van der Waals surface area contributed by atoms with Crippen LogP contribution in [0.15, 0.2) is 18.2 Å². The molecular weight excluding hydrogens is 363 g/mol. The van der Waals surface area contributed by atoms with Gasteiger partial charge < -0.3 is 19.7 Å². The van der Waals surface area contributed by atoms with Crippen LogP contribution in [0.3, 0.4) is 0 Å². The summed E-state index contributed by atoms with van der Waals surface area (Å²) in [6, 6.07) is 5.47. The van der Waals surface area contributed by atoms with E-state index in [-0.39, 0.29) is 12.1 Å². The standard InChI is InChI=1S/C18H28Cl2N2O3/c1-13(15-7-6-14(19)12-16(15)20)21-8-9-22(10-11-24-5)17(23)25-18(2,3)4/h6-7,12-13,21H,8-11H2,1-5H3. The van der Waals surface area contributed by atoms with Gasteiger partial charge in [0.05, 0.1) is 6.61 Å². The summed E-state index contributed by atoms with van der Waals surface area (Å²) in [4.78, 5) is 13.9. The molecule has 0 fully saturated rings. The fraction of sp³-hybridized carbons (Fsp3) is 0.611. The maximum atomic E-state index is 12.3. The molecule has 7 heteroatoms. The van der Waals surface area contributed by atoms with E-state index in [2.05, 4.69) is 5.32 Å². The average Bonchev–Trinajstić information content (AvgIpc) is 2.48. The van der Waals surface area contributed by atoms with Crippen molar-refractivity contribution in [3.8, 4) is 0 Å². The molecule has 1 aromatic rings. The number of nitrogens with zero attached hydrogens (tertiary/aromatic N) is 1. The molecule has 0 saturated heterocycles. The molecule has 1 amide bonds. The number of halogens is 2. The summed E-state index contributed by atoms with van der Waals surface area (Å²) in [5.41, 5.74) is 0.437. The number of carbonyl (C=O) groups is 1. The predicted molar refractivity (Wildman–Crippen MR) is 103 cm³/mol. The molecule has 142 valence electrons. The van der Waals surface area contributed by atoms with Crippen LogP contribution in [0, 0.1) is 0 Å². The Labute approximate surface area is 160 Å². The summed E-state index contributed by atoms with van der Waals surface area (Å²) in [7, 11) is 1.61. The number of carbonyl (C=O) groups excluding carboxylic acids is 1. The van der Waals surface area contributed by atoms with E-state index in [4.69, 9.17) is 32.7 Å². The van der Waals surface area contributed by atoms with Crippen molar-refractivity contribution in [2.24, 2.45) is 0 Å². The molecule has 1 N–H and O–H groups in total. The fourth-order valence-corrected chi connectivity index (χ4v) is 2.77. The smallest absolute Gasteiger partial charge is 0.410 e. The highest BCUT2D eigenvalue weighted by Crippen LogP contribution is 2.25. The largest absolute Gasteiger partial charge is 0.444 e. The highest BCUT2D eigenvalue weighted by atomic mass is 35.5. The molecule has 0 aliphatic rings. The molecule has 0 aliphatic carbocycles. The summed E-state index contributed by atoms with van der Waals surface area (Å²) in [5, 5.41) is 4.60. The Morgan fingerprint density at radius 2 is 1.96 bits per heavy atom. The molecule has 0 heterocycles. The van der Waals surface area contributed by atoms with Crippen LogP contribution in [-0.2, 0) is 9.47 Å². The number of methoxy groups -OCH3 is 1. The lowest BCUT2D eigenvalue weighted by Gasteiger charge is -2.28. The first-order valence-corrected chi connectivity index (χ1v) is 9.05.